The number of benzene rings is 1. The molecule has 7 heteroatoms. The summed E-state index contributed by atoms with van der Waals surface area (Å²) in [5.74, 6) is -4.20. The summed E-state index contributed by atoms with van der Waals surface area (Å²) in [7, 11) is 0. The van der Waals surface area contributed by atoms with E-state index in [-0.39, 0.29) is 5.56 Å². The van der Waals surface area contributed by atoms with Crippen molar-refractivity contribution < 1.29 is 24.9 Å². The first-order valence-corrected chi connectivity index (χ1v) is 5.58. The summed E-state index contributed by atoms with van der Waals surface area (Å²) >= 11 is 0. The Hall–Kier alpha value is -1.96. The van der Waals surface area contributed by atoms with Gasteiger partial charge in [-0.05, 0) is 0 Å². The van der Waals surface area contributed by atoms with Crippen LogP contribution in [0.2, 0.25) is 0 Å². The van der Waals surface area contributed by atoms with Gasteiger partial charge in [0.15, 0.2) is 0 Å². The lowest BCUT2D eigenvalue weighted by Crippen LogP contribution is -2.47. The number of hydrogen-bond acceptors (Lipinski definition) is 5. The first kappa shape index (κ1) is 15.1. The van der Waals surface area contributed by atoms with Gasteiger partial charge in [0.2, 0.25) is 11.7 Å². The van der Waals surface area contributed by atoms with Crippen molar-refractivity contribution in [2.75, 3.05) is 6.54 Å². The van der Waals surface area contributed by atoms with Crippen LogP contribution in [-0.2, 0) is 15.4 Å². The summed E-state index contributed by atoms with van der Waals surface area (Å²) in [5, 5.41) is 30.2. The van der Waals surface area contributed by atoms with Crippen LogP contribution >= 0.6 is 0 Å². The molecule has 0 aliphatic rings. The van der Waals surface area contributed by atoms with Gasteiger partial charge in [0.05, 0.1) is 19.0 Å². The fourth-order valence-electron chi connectivity index (χ4n) is 1.43. The van der Waals surface area contributed by atoms with E-state index >= 15 is 0 Å². The Morgan fingerprint density at radius 1 is 1.26 bits per heavy atom. The molecule has 0 aromatic heterocycles. The zero-order valence-electron chi connectivity index (χ0n) is 10.1. The number of aliphatic hydroxyl groups is 2. The average Bonchev–Trinajstić information content (AvgIpc) is 2.36. The zero-order chi connectivity index (χ0) is 14.5. The van der Waals surface area contributed by atoms with Gasteiger partial charge in [0.25, 0.3) is 0 Å². The van der Waals surface area contributed by atoms with E-state index in [2.05, 4.69) is 5.32 Å². The van der Waals surface area contributed by atoms with Gasteiger partial charge in [-0.15, -0.1) is 0 Å². The number of carbonyl (C=O) groups is 2. The molecule has 0 aliphatic carbocycles. The molecule has 1 aromatic rings. The minimum Gasteiger partial charge on any atom is -0.481 e. The highest BCUT2D eigenvalue weighted by Crippen LogP contribution is 2.16. The van der Waals surface area contributed by atoms with E-state index < -0.39 is 36.7 Å². The van der Waals surface area contributed by atoms with Crippen LogP contribution in [-0.4, -0.2) is 39.8 Å². The molecule has 0 saturated carbocycles. The number of aliphatic carboxylic acids is 1. The van der Waals surface area contributed by atoms with Crippen LogP contribution in [0.1, 0.15) is 12.0 Å². The molecule has 1 amide bonds. The number of hydrogen-bond donors (Lipinski definition) is 5. The monoisotopic (exact) mass is 268 g/mol. The highest BCUT2D eigenvalue weighted by molar-refractivity contribution is 5.85. The van der Waals surface area contributed by atoms with Gasteiger partial charge in [-0.3, -0.25) is 9.59 Å². The van der Waals surface area contributed by atoms with E-state index in [0.29, 0.717) is 0 Å². The van der Waals surface area contributed by atoms with Gasteiger partial charge in [-0.25, -0.2) is 0 Å². The average molecular weight is 268 g/mol. The van der Waals surface area contributed by atoms with E-state index in [1.165, 1.54) is 12.1 Å². The molecular formula is C12H16N2O5. The fraction of sp³-hybridized carbons (Fsp3) is 0.333. The van der Waals surface area contributed by atoms with E-state index in [9.17, 15) is 19.8 Å². The molecule has 104 valence electrons. The summed E-state index contributed by atoms with van der Waals surface area (Å²) in [6.45, 7) is -0.483. The predicted octanol–water partition coefficient (Wildman–Crippen LogP) is -1.26. The third-order valence-electron chi connectivity index (χ3n) is 2.48. The SMILES string of the molecule is N[C@@H](CC(=O)O)C(=O)NCC(O)(O)c1ccccc1. The maximum Gasteiger partial charge on any atom is 0.305 e. The van der Waals surface area contributed by atoms with Crippen LogP contribution < -0.4 is 11.1 Å². The number of carboxylic acid groups (broad SMARTS) is 1. The number of carboxylic acids is 1. The van der Waals surface area contributed by atoms with Crippen molar-refractivity contribution in [3.05, 3.63) is 35.9 Å². The largest absolute Gasteiger partial charge is 0.481 e. The van der Waals surface area contributed by atoms with Crippen molar-refractivity contribution in [2.24, 2.45) is 5.73 Å². The molecule has 0 radical (unpaired) electrons. The second-order valence-corrected chi connectivity index (χ2v) is 4.10. The van der Waals surface area contributed by atoms with Crippen molar-refractivity contribution in [3.8, 4) is 0 Å². The summed E-state index contributed by atoms with van der Waals surface area (Å²) in [5.41, 5.74) is 5.54. The third-order valence-corrected chi connectivity index (χ3v) is 2.48. The smallest absolute Gasteiger partial charge is 0.305 e. The summed E-state index contributed by atoms with van der Waals surface area (Å²) in [4.78, 5) is 21.8. The van der Waals surface area contributed by atoms with E-state index in [4.69, 9.17) is 10.8 Å². The number of rotatable bonds is 6. The molecule has 1 rings (SSSR count). The normalized spacial score (nSPS) is 12.8. The van der Waals surface area contributed by atoms with Crippen LogP contribution in [0.3, 0.4) is 0 Å². The number of amides is 1. The molecule has 0 bridgehead atoms. The Bertz CT molecular complexity index is 447. The molecule has 0 fully saturated rings. The lowest BCUT2D eigenvalue weighted by molar-refractivity contribution is -0.168. The zero-order valence-corrected chi connectivity index (χ0v) is 10.1. The molecule has 0 saturated heterocycles. The van der Waals surface area contributed by atoms with Crippen LogP contribution in [0.25, 0.3) is 0 Å². The van der Waals surface area contributed by atoms with Gasteiger partial charge >= 0.3 is 5.97 Å². The Balaban J connectivity index is 2.56. The molecule has 0 unspecified atom stereocenters. The van der Waals surface area contributed by atoms with Crippen molar-refractivity contribution in [3.63, 3.8) is 0 Å². The molecule has 0 aliphatic heterocycles. The quantitative estimate of drug-likeness (QED) is 0.409. The van der Waals surface area contributed by atoms with E-state index in [0.717, 1.165) is 0 Å². The number of carbonyl (C=O) groups excluding carboxylic acids is 1. The molecule has 7 nitrogen and oxygen atoms in total. The minimum atomic E-state index is -2.24. The fourth-order valence-corrected chi connectivity index (χ4v) is 1.43. The van der Waals surface area contributed by atoms with Gasteiger partial charge in [0.1, 0.15) is 0 Å². The molecule has 0 spiro atoms. The maximum absolute atomic E-state index is 11.4. The Labute approximate surface area is 109 Å². The van der Waals surface area contributed by atoms with Crippen molar-refractivity contribution in [2.45, 2.75) is 18.2 Å². The second-order valence-electron chi connectivity index (χ2n) is 4.10. The molecule has 19 heavy (non-hydrogen) atoms. The topological polar surface area (TPSA) is 133 Å². The molecule has 1 aromatic carbocycles. The van der Waals surface area contributed by atoms with Gasteiger partial charge < -0.3 is 26.4 Å². The minimum absolute atomic E-state index is 0.210. The van der Waals surface area contributed by atoms with Crippen molar-refractivity contribution in [1.82, 2.24) is 5.32 Å². The summed E-state index contributed by atoms with van der Waals surface area (Å²) < 4.78 is 0. The maximum atomic E-state index is 11.4. The lowest BCUT2D eigenvalue weighted by Gasteiger charge is -2.23. The Morgan fingerprint density at radius 2 is 1.84 bits per heavy atom. The molecular weight excluding hydrogens is 252 g/mol. The van der Waals surface area contributed by atoms with Crippen LogP contribution in [0.15, 0.2) is 30.3 Å². The molecule has 0 heterocycles. The van der Waals surface area contributed by atoms with Crippen LogP contribution in [0.4, 0.5) is 0 Å². The summed E-state index contributed by atoms with van der Waals surface area (Å²) in [6, 6.07) is 6.69. The van der Waals surface area contributed by atoms with E-state index in [1.807, 2.05) is 0 Å². The van der Waals surface area contributed by atoms with Gasteiger partial charge in [-0.2, -0.15) is 0 Å². The van der Waals surface area contributed by atoms with Crippen molar-refractivity contribution >= 4 is 11.9 Å². The number of nitrogens with one attached hydrogen (secondary N) is 1. The third kappa shape index (κ3) is 4.66. The van der Waals surface area contributed by atoms with Crippen LogP contribution in [0.5, 0.6) is 0 Å². The molecule has 1 atom stereocenters. The first-order valence-electron chi connectivity index (χ1n) is 5.58. The predicted molar refractivity (Wildman–Crippen MR) is 65.8 cm³/mol. The second kappa shape index (κ2) is 6.28. The Morgan fingerprint density at radius 3 is 2.37 bits per heavy atom. The standard InChI is InChI=1S/C12H16N2O5/c13-9(6-10(15)16)11(17)14-7-12(18,19)8-4-2-1-3-5-8/h1-5,9,18-19H,6-7,13H2,(H,14,17)(H,15,16)/t9-/m0/s1. The first-order chi connectivity index (χ1) is 8.83. The van der Waals surface area contributed by atoms with E-state index in [1.54, 1.807) is 18.2 Å². The van der Waals surface area contributed by atoms with Gasteiger partial charge in [-0.1, -0.05) is 30.3 Å². The number of nitrogens with two attached hydrogens (primary N) is 1. The van der Waals surface area contributed by atoms with Crippen molar-refractivity contribution in [1.29, 1.82) is 0 Å². The Kier molecular flexibility index (Phi) is 4.99. The summed E-state index contributed by atoms with van der Waals surface area (Å²) in [6.07, 6.45) is -0.527. The van der Waals surface area contributed by atoms with Crippen LogP contribution in [0, 0.1) is 0 Å². The molecule has 6 N–H and O–H groups in total. The van der Waals surface area contributed by atoms with Gasteiger partial charge in [0, 0.05) is 5.56 Å². The highest BCUT2D eigenvalue weighted by atomic mass is 16.5. The lowest BCUT2D eigenvalue weighted by atomic mass is 10.1. The highest BCUT2D eigenvalue weighted by Gasteiger charge is 2.27.